The summed E-state index contributed by atoms with van der Waals surface area (Å²) in [7, 11) is 2.77. The van der Waals surface area contributed by atoms with Gasteiger partial charge in [0.2, 0.25) is 12.0 Å². The minimum atomic E-state index is -1.60. The first-order valence-electron chi connectivity index (χ1n) is 12.4. The molecule has 0 spiro atoms. The fourth-order valence-electron chi connectivity index (χ4n) is 5.48. The zero-order chi connectivity index (χ0) is 28.0. The van der Waals surface area contributed by atoms with Crippen molar-refractivity contribution >= 4 is 0 Å². The SMILES string of the molecule is COc1cc(C2OC(O)C3C(c4cc(O)c(O)c(OC)c4)OCC23)ccc1OC1OC(CO)C(O)C(O)C1O. The Hall–Kier alpha value is -2.88. The molecule has 0 aromatic heterocycles. The van der Waals surface area contributed by atoms with E-state index in [1.807, 2.05) is 0 Å². The van der Waals surface area contributed by atoms with E-state index in [0.29, 0.717) is 11.1 Å². The van der Waals surface area contributed by atoms with Gasteiger partial charge in [-0.1, -0.05) is 6.07 Å². The Morgan fingerprint density at radius 1 is 0.821 bits per heavy atom. The average molecular weight is 553 g/mol. The van der Waals surface area contributed by atoms with Crippen molar-refractivity contribution in [1.82, 2.24) is 0 Å². The second-order valence-electron chi connectivity index (χ2n) is 9.76. The first-order valence-corrected chi connectivity index (χ1v) is 12.4. The zero-order valence-corrected chi connectivity index (χ0v) is 21.2. The number of aliphatic hydroxyl groups is 5. The third kappa shape index (κ3) is 4.85. The fraction of sp³-hybridized carbons (Fsp3) is 0.538. The van der Waals surface area contributed by atoms with Crippen molar-refractivity contribution in [3.63, 3.8) is 0 Å². The predicted octanol–water partition coefficient (Wildman–Crippen LogP) is -0.313. The molecule has 214 valence electrons. The van der Waals surface area contributed by atoms with E-state index in [0.717, 1.165) is 0 Å². The van der Waals surface area contributed by atoms with Crippen LogP contribution < -0.4 is 14.2 Å². The Bertz CT molecular complexity index is 1170. The number of hydrogen-bond acceptors (Lipinski definition) is 13. The van der Waals surface area contributed by atoms with E-state index in [1.165, 1.54) is 26.4 Å². The number of fused-ring (bicyclic) bond motifs is 1. The van der Waals surface area contributed by atoms with Crippen molar-refractivity contribution < 1.29 is 64.2 Å². The van der Waals surface area contributed by atoms with Crippen molar-refractivity contribution in [3.05, 3.63) is 41.5 Å². The van der Waals surface area contributed by atoms with E-state index in [-0.39, 0.29) is 35.5 Å². The minimum Gasteiger partial charge on any atom is -0.504 e. The number of hydrogen-bond donors (Lipinski definition) is 7. The van der Waals surface area contributed by atoms with Crippen LogP contribution in [0.2, 0.25) is 0 Å². The number of rotatable bonds is 7. The third-order valence-electron chi connectivity index (χ3n) is 7.55. The van der Waals surface area contributed by atoms with Crippen LogP contribution in [0.15, 0.2) is 30.3 Å². The number of aliphatic hydroxyl groups excluding tert-OH is 5. The summed E-state index contributed by atoms with van der Waals surface area (Å²) in [6.45, 7) is -0.350. The van der Waals surface area contributed by atoms with Gasteiger partial charge < -0.3 is 64.2 Å². The molecule has 3 aliphatic rings. The van der Waals surface area contributed by atoms with Gasteiger partial charge in [-0.15, -0.1) is 0 Å². The van der Waals surface area contributed by atoms with Crippen LogP contribution in [0.1, 0.15) is 23.3 Å². The van der Waals surface area contributed by atoms with Gasteiger partial charge >= 0.3 is 0 Å². The molecular formula is C26H32O13. The van der Waals surface area contributed by atoms with E-state index in [4.69, 9.17) is 28.4 Å². The molecule has 0 bridgehead atoms. The summed E-state index contributed by atoms with van der Waals surface area (Å²) in [4.78, 5) is 0. The summed E-state index contributed by atoms with van der Waals surface area (Å²) in [5, 5.41) is 70.7. The molecule has 13 heteroatoms. The van der Waals surface area contributed by atoms with E-state index >= 15 is 0 Å². The summed E-state index contributed by atoms with van der Waals surface area (Å²) in [6, 6.07) is 7.77. The lowest BCUT2D eigenvalue weighted by Crippen LogP contribution is -2.60. The molecule has 0 radical (unpaired) electrons. The molecule has 10 unspecified atom stereocenters. The van der Waals surface area contributed by atoms with Crippen LogP contribution in [0.5, 0.6) is 28.7 Å². The molecule has 39 heavy (non-hydrogen) atoms. The van der Waals surface area contributed by atoms with Crippen molar-refractivity contribution in [3.8, 4) is 28.7 Å². The quantitative estimate of drug-likeness (QED) is 0.221. The van der Waals surface area contributed by atoms with Crippen LogP contribution >= 0.6 is 0 Å². The maximum atomic E-state index is 10.8. The van der Waals surface area contributed by atoms with E-state index < -0.39 is 67.5 Å². The highest BCUT2D eigenvalue weighted by Gasteiger charge is 2.53. The summed E-state index contributed by atoms with van der Waals surface area (Å²) >= 11 is 0. The Labute approximate surface area is 223 Å². The maximum absolute atomic E-state index is 10.8. The van der Waals surface area contributed by atoms with Crippen LogP contribution in [0, 0.1) is 11.8 Å². The molecule has 3 saturated heterocycles. The Kier molecular flexibility index (Phi) is 7.77. The standard InChI is InChI=1S/C26H32O13/c1-34-15-6-10(3-4-14(15)37-26-22(32)21(31)20(30)17(8-27)38-26)23-12-9-36-24(18(12)25(33)39-23)11-5-13(28)19(29)16(7-11)35-2/h3-7,12,17-18,20-33H,8-9H2,1-2H3. The highest BCUT2D eigenvalue weighted by atomic mass is 16.7. The van der Waals surface area contributed by atoms with Gasteiger partial charge in [0, 0.05) is 11.8 Å². The second kappa shape index (κ2) is 10.9. The van der Waals surface area contributed by atoms with Crippen molar-refractivity contribution in [2.45, 2.75) is 49.2 Å². The normalized spacial score (nSPS) is 36.0. The smallest absolute Gasteiger partial charge is 0.229 e. The largest absolute Gasteiger partial charge is 0.504 e. The Balaban J connectivity index is 1.36. The van der Waals surface area contributed by atoms with Crippen LogP contribution in [0.4, 0.5) is 0 Å². The molecule has 10 atom stereocenters. The first-order chi connectivity index (χ1) is 18.7. The van der Waals surface area contributed by atoms with Gasteiger partial charge in [0.05, 0.1) is 39.6 Å². The maximum Gasteiger partial charge on any atom is 0.229 e. The van der Waals surface area contributed by atoms with E-state index in [9.17, 15) is 35.7 Å². The average Bonchev–Trinajstić information content (AvgIpc) is 3.52. The molecule has 0 saturated carbocycles. The molecule has 5 rings (SSSR count). The molecule has 3 aliphatic heterocycles. The molecule has 3 heterocycles. The third-order valence-corrected chi connectivity index (χ3v) is 7.55. The van der Waals surface area contributed by atoms with Crippen molar-refractivity contribution in [2.75, 3.05) is 27.4 Å². The summed E-state index contributed by atoms with van der Waals surface area (Å²) in [5.74, 6) is -1.05. The van der Waals surface area contributed by atoms with Crippen LogP contribution in [-0.2, 0) is 14.2 Å². The van der Waals surface area contributed by atoms with Crippen LogP contribution in [-0.4, -0.2) is 100 Å². The molecule has 2 aromatic rings. The van der Waals surface area contributed by atoms with Crippen molar-refractivity contribution in [1.29, 1.82) is 0 Å². The van der Waals surface area contributed by atoms with E-state index in [1.54, 1.807) is 18.2 Å². The number of methoxy groups -OCH3 is 2. The monoisotopic (exact) mass is 552 g/mol. The van der Waals surface area contributed by atoms with Crippen molar-refractivity contribution in [2.24, 2.45) is 11.8 Å². The first kappa shape index (κ1) is 27.7. The molecule has 7 N–H and O–H groups in total. The number of phenolic OH excluding ortho intramolecular Hbond substituents is 2. The van der Waals surface area contributed by atoms with Gasteiger partial charge in [-0.2, -0.15) is 0 Å². The van der Waals surface area contributed by atoms with Crippen LogP contribution in [0.25, 0.3) is 0 Å². The topological polar surface area (TPSA) is 197 Å². The summed E-state index contributed by atoms with van der Waals surface area (Å²) < 4.78 is 33.7. The highest BCUT2D eigenvalue weighted by Crippen LogP contribution is 2.54. The fourth-order valence-corrected chi connectivity index (χ4v) is 5.48. The Morgan fingerprint density at radius 3 is 2.23 bits per heavy atom. The number of phenols is 2. The zero-order valence-electron chi connectivity index (χ0n) is 21.2. The lowest BCUT2D eigenvalue weighted by molar-refractivity contribution is -0.277. The highest BCUT2D eigenvalue weighted by molar-refractivity contribution is 5.52. The molecule has 0 amide bonds. The molecule has 2 aromatic carbocycles. The number of benzene rings is 2. The van der Waals surface area contributed by atoms with Crippen LogP contribution in [0.3, 0.4) is 0 Å². The predicted molar refractivity (Wildman–Crippen MR) is 129 cm³/mol. The number of aromatic hydroxyl groups is 2. The van der Waals surface area contributed by atoms with Gasteiger partial charge in [0.1, 0.15) is 24.4 Å². The molecule has 3 fully saturated rings. The summed E-state index contributed by atoms with van der Waals surface area (Å²) in [5.41, 5.74) is 1.16. The van der Waals surface area contributed by atoms with Gasteiger partial charge in [0.25, 0.3) is 0 Å². The lowest BCUT2D eigenvalue weighted by Gasteiger charge is -2.39. The Morgan fingerprint density at radius 2 is 1.54 bits per heavy atom. The second-order valence-corrected chi connectivity index (χ2v) is 9.76. The molecule has 0 aliphatic carbocycles. The van der Waals surface area contributed by atoms with E-state index in [2.05, 4.69) is 0 Å². The lowest BCUT2D eigenvalue weighted by atomic mass is 9.84. The van der Waals surface area contributed by atoms with Gasteiger partial charge in [-0.3, -0.25) is 0 Å². The van der Waals surface area contributed by atoms with Gasteiger partial charge in [-0.05, 0) is 35.4 Å². The van der Waals surface area contributed by atoms with Gasteiger partial charge in [-0.25, -0.2) is 0 Å². The number of ether oxygens (including phenoxy) is 6. The minimum absolute atomic E-state index is 0.0710. The van der Waals surface area contributed by atoms with Gasteiger partial charge in [0.15, 0.2) is 29.3 Å². The summed E-state index contributed by atoms with van der Waals surface area (Å²) in [6.07, 6.45) is -9.63. The molecule has 13 nitrogen and oxygen atoms in total. The molecular weight excluding hydrogens is 520 g/mol.